The number of hydroxylamine groups is 1. The smallest absolute Gasteiger partial charge is 0.293 e. The number of nitrogens with two attached hydrogens (primary N) is 1. The molecule has 8 heteroatoms. The van der Waals surface area contributed by atoms with Gasteiger partial charge >= 0.3 is 0 Å². The van der Waals surface area contributed by atoms with Gasteiger partial charge in [-0.3, -0.25) is 10.1 Å². The molecular formula is C22H38N4O4. The molecule has 4 N–H and O–H groups in total. The molecule has 0 aliphatic carbocycles. The largest absolute Gasteiger partial charge is 0.495 e. The van der Waals surface area contributed by atoms with Crippen molar-refractivity contribution in [1.82, 2.24) is 5.48 Å². The first-order valence-electron chi connectivity index (χ1n) is 10.2. The second kappa shape index (κ2) is 17.2. The lowest BCUT2D eigenvalue weighted by Gasteiger charge is -2.15. The Hall–Kier alpha value is -2.68. The first kappa shape index (κ1) is 29.5. The molecule has 0 aliphatic rings. The van der Waals surface area contributed by atoms with Crippen molar-refractivity contribution < 1.29 is 14.5 Å². The van der Waals surface area contributed by atoms with Crippen LogP contribution in [0.15, 0.2) is 36.4 Å². The zero-order valence-electron chi connectivity index (χ0n) is 19.7. The van der Waals surface area contributed by atoms with E-state index in [1.54, 1.807) is 25.3 Å². The lowest BCUT2D eigenvalue weighted by molar-refractivity contribution is -0.384. The van der Waals surface area contributed by atoms with E-state index in [2.05, 4.69) is 10.8 Å². The van der Waals surface area contributed by atoms with Crippen molar-refractivity contribution >= 4 is 17.1 Å². The van der Waals surface area contributed by atoms with Crippen LogP contribution in [0.5, 0.6) is 5.75 Å². The fourth-order valence-corrected chi connectivity index (χ4v) is 2.26. The minimum absolute atomic E-state index is 0.0931. The summed E-state index contributed by atoms with van der Waals surface area (Å²) in [5.41, 5.74) is 10.8. The number of hydrogen-bond donors (Lipinski definition) is 3. The molecule has 1 atom stereocenters. The van der Waals surface area contributed by atoms with Gasteiger partial charge in [-0.05, 0) is 36.2 Å². The highest BCUT2D eigenvalue weighted by Crippen LogP contribution is 2.34. The fourth-order valence-electron chi connectivity index (χ4n) is 2.26. The van der Waals surface area contributed by atoms with Crippen LogP contribution in [0.4, 0.5) is 17.1 Å². The number of ether oxygens (including phenoxy) is 1. The molecule has 0 radical (unpaired) electrons. The maximum Gasteiger partial charge on any atom is 0.293 e. The zero-order valence-corrected chi connectivity index (χ0v) is 19.7. The van der Waals surface area contributed by atoms with Gasteiger partial charge in [-0.25, -0.2) is 0 Å². The topological polar surface area (TPSA) is 112 Å². The van der Waals surface area contributed by atoms with Crippen LogP contribution in [-0.4, -0.2) is 19.1 Å². The Morgan fingerprint density at radius 1 is 0.967 bits per heavy atom. The number of rotatable bonds is 7. The van der Waals surface area contributed by atoms with Crippen LogP contribution >= 0.6 is 0 Å². The van der Waals surface area contributed by atoms with E-state index in [1.807, 2.05) is 60.6 Å². The van der Waals surface area contributed by atoms with E-state index in [-0.39, 0.29) is 5.69 Å². The molecule has 0 fully saturated rings. The average molecular weight is 423 g/mol. The summed E-state index contributed by atoms with van der Waals surface area (Å²) in [7, 11) is 2.97. The summed E-state index contributed by atoms with van der Waals surface area (Å²) < 4.78 is 5.29. The summed E-state index contributed by atoms with van der Waals surface area (Å²) in [5.74, 6) is 0.594. The molecular weight excluding hydrogens is 384 g/mol. The molecule has 0 bridgehead atoms. The molecule has 1 unspecified atom stereocenters. The van der Waals surface area contributed by atoms with Crippen molar-refractivity contribution in [2.45, 2.75) is 54.6 Å². The summed E-state index contributed by atoms with van der Waals surface area (Å²) in [4.78, 5) is 15.7. The summed E-state index contributed by atoms with van der Waals surface area (Å²) in [5, 5.41) is 14.5. The predicted octanol–water partition coefficient (Wildman–Crippen LogP) is 5.84. The summed E-state index contributed by atoms with van der Waals surface area (Å²) in [6.07, 6.45) is -0.670. The van der Waals surface area contributed by atoms with E-state index in [4.69, 9.17) is 15.3 Å². The lowest BCUT2D eigenvalue weighted by Crippen LogP contribution is -2.27. The van der Waals surface area contributed by atoms with Gasteiger partial charge in [-0.15, -0.1) is 0 Å². The third-order valence-electron chi connectivity index (χ3n) is 3.45. The minimum atomic E-state index is -0.670. The summed E-state index contributed by atoms with van der Waals surface area (Å²) in [6.45, 7) is 13.9. The Morgan fingerprint density at radius 2 is 1.57 bits per heavy atom. The second-order valence-corrected chi connectivity index (χ2v) is 5.16. The highest BCUT2D eigenvalue weighted by atomic mass is 16.6. The van der Waals surface area contributed by atoms with E-state index in [9.17, 15) is 10.1 Å². The highest BCUT2D eigenvalue weighted by molar-refractivity contribution is 5.74. The quantitative estimate of drug-likeness (QED) is 0.292. The van der Waals surface area contributed by atoms with Crippen molar-refractivity contribution in [1.29, 1.82) is 0 Å². The van der Waals surface area contributed by atoms with Crippen molar-refractivity contribution in [3.05, 3.63) is 57.6 Å². The van der Waals surface area contributed by atoms with E-state index in [1.165, 1.54) is 13.2 Å². The molecule has 0 aromatic heterocycles. The second-order valence-electron chi connectivity index (χ2n) is 5.16. The number of nitro benzene ring substituents is 1. The summed E-state index contributed by atoms with van der Waals surface area (Å²) >= 11 is 0. The molecule has 170 valence electrons. The first-order valence-corrected chi connectivity index (χ1v) is 10.2. The number of nitro groups is 1. The van der Waals surface area contributed by atoms with Crippen molar-refractivity contribution in [3.8, 4) is 5.75 Å². The Kier molecular flexibility index (Phi) is 16.9. The molecule has 0 heterocycles. The predicted molar refractivity (Wildman–Crippen MR) is 125 cm³/mol. The molecule has 0 spiro atoms. The average Bonchev–Trinajstić information content (AvgIpc) is 2.78. The maximum atomic E-state index is 11.4. The van der Waals surface area contributed by atoms with Crippen LogP contribution in [0, 0.1) is 17.0 Å². The zero-order chi connectivity index (χ0) is 23.7. The number of benzene rings is 2. The highest BCUT2D eigenvalue weighted by Gasteiger charge is 2.18. The Labute approximate surface area is 180 Å². The van der Waals surface area contributed by atoms with Crippen LogP contribution in [-0.2, 0) is 4.84 Å². The van der Waals surface area contributed by atoms with Gasteiger partial charge in [0.05, 0.1) is 24.8 Å². The minimum Gasteiger partial charge on any atom is -0.495 e. The van der Waals surface area contributed by atoms with Gasteiger partial charge in [-0.2, -0.15) is 5.48 Å². The van der Waals surface area contributed by atoms with Crippen molar-refractivity contribution in [2.24, 2.45) is 5.73 Å². The molecule has 2 rings (SSSR count). The SMILES string of the molecule is CC.CC.CC.CONC(N)c1ccc(Nc2cc(C)ccc2OC)c([N+](=O)[O-])c1. The molecule has 0 amide bonds. The van der Waals surface area contributed by atoms with Crippen molar-refractivity contribution in [2.75, 3.05) is 19.5 Å². The third-order valence-corrected chi connectivity index (χ3v) is 3.45. The van der Waals surface area contributed by atoms with E-state index >= 15 is 0 Å². The van der Waals surface area contributed by atoms with Crippen LogP contribution < -0.4 is 21.3 Å². The van der Waals surface area contributed by atoms with Crippen LogP contribution in [0.2, 0.25) is 0 Å². The van der Waals surface area contributed by atoms with Gasteiger partial charge in [-0.1, -0.05) is 53.7 Å². The molecule has 0 saturated heterocycles. The molecule has 30 heavy (non-hydrogen) atoms. The molecule has 0 saturated carbocycles. The van der Waals surface area contributed by atoms with Gasteiger partial charge in [0.1, 0.15) is 17.6 Å². The van der Waals surface area contributed by atoms with Gasteiger partial charge in [0.25, 0.3) is 5.69 Å². The Bertz CT molecular complexity index is 739. The number of methoxy groups -OCH3 is 1. The number of nitrogens with zero attached hydrogens (tertiary/aromatic N) is 1. The number of nitrogens with one attached hydrogen (secondary N) is 2. The number of aryl methyl sites for hydroxylation is 1. The van der Waals surface area contributed by atoms with Crippen molar-refractivity contribution in [3.63, 3.8) is 0 Å². The normalized spacial score (nSPS) is 10.1. The molecule has 2 aromatic rings. The van der Waals surface area contributed by atoms with Crippen LogP contribution in [0.1, 0.15) is 58.8 Å². The Morgan fingerprint density at radius 3 is 2.07 bits per heavy atom. The molecule has 8 nitrogen and oxygen atoms in total. The first-order chi connectivity index (χ1) is 14.5. The summed E-state index contributed by atoms with van der Waals surface area (Å²) in [6, 6.07) is 10.3. The van der Waals surface area contributed by atoms with E-state index < -0.39 is 11.1 Å². The van der Waals surface area contributed by atoms with Crippen LogP contribution in [0.3, 0.4) is 0 Å². The number of hydrogen-bond acceptors (Lipinski definition) is 7. The molecule has 0 aliphatic heterocycles. The van der Waals surface area contributed by atoms with Gasteiger partial charge in [0.15, 0.2) is 0 Å². The lowest BCUT2D eigenvalue weighted by atomic mass is 10.1. The van der Waals surface area contributed by atoms with Crippen LogP contribution in [0.25, 0.3) is 0 Å². The fraction of sp³-hybridized carbons (Fsp3) is 0.455. The monoisotopic (exact) mass is 422 g/mol. The number of anilines is 2. The van der Waals surface area contributed by atoms with E-state index in [0.717, 1.165) is 5.56 Å². The van der Waals surface area contributed by atoms with E-state index in [0.29, 0.717) is 22.7 Å². The van der Waals surface area contributed by atoms with Gasteiger partial charge < -0.3 is 20.6 Å². The standard InChI is InChI=1S/C16H20N4O4.3C2H6/c1-10-4-7-15(23-2)13(8-10)18-12-6-5-11(16(17)19-24-3)9-14(12)20(21)22;3*1-2/h4-9,16,18-19H,17H2,1-3H3;3*1-2H3. The Balaban J connectivity index is 0. The molecule has 2 aromatic carbocycles. The van der Waals surface area contributed by atoms with Gasteiger partial charge in [0, 0.05) is 6.07 Å². The van der Waals surface area contributed by atoms with Gasteiger partial charge in [0.2, 0.25) is 0 Å². The third kappa shape index (κ3) is 9.21. The maximum absolute atomic E-state index is 11.4.